The Morgan fingerprint density at radius 3 is 2.79 bits per heavy atom. The van der Waals surface area contributed by atoms with Crippen molar-refractivity contribution in [1.82, 2.24) is 20.2 Å². The topological polar surface area (TPSA) is 61.4 Å². The summed E-state index contributed by atoms with van der Waals surface area (Å²) >= 11 is 1.65. The van der Waals surface area contributed by atoms with Gasteiger partial charge in [-0.05, 0) is 24.3 Å². The number of rotatable bonds is 4. The molecule has 1 saturated carbocycles. The van der Waals surface area contributed by atoms with Gasteiger partial charge in [-0.25, -0.2) is 9.97 Å². The number of nitrogens with zero attached hydrogens (tertiary/aromatic N) is 4. The molecule has 0 unspecified atom stereocenters. The van der Waals surface area contributed by atoms with Gasteiger partial charge in [-0.2, -0.15) is 0 Å². The minimum atomic E-state index is 0.178. The van der Waals surface area contributed by atoms with E-state index < -0.39 is 0 Å². The molecule has 1 N–H and O–H groups in total. The Hall–Kier alpha value is -1.73. The molecular formula is C17H23N5OS. The number of fused-ring (bicyclic) bond motifs is 1. The lowest BCUT2D eigenvalue weighted by atomic mass is 10.2. The van der Waals surface area contributed by atoms with Crippen molar-refractivity contribution in [3.8, 4) is 0 Å². The highest BCUT2D eigenvalue weighted by Crippen LogP contribution is 2.27. The van der Waals surface area contributed by atoms with Crippen LogP contribution in [0.1, 0.15) is 25.7 Å². The first-order chi connectivity index (χ1) is 11.8. The summed E-state index contributed by atoms with van der Waals surface area (Å²) in [7, 11) is 0. The van der Waals surface area contributed by atoms with E-state index in [2.05, 4.69) is 36.5 Å². The average molecular weight is 345 g/mol. The molecule has 0 aromatic carbocycles. The van der Waals surface area contributed by atoms with Gasteiger partial charge in [-0.1, -0.05) is 12.8 Å². The molecule has 128 valence electrons. The number of aromatic nitrogens is 2. The second-order valence-corrected chi connectivity index (χ2v) is 7.54. The van der Waals surface area contributed by atoms with Gasteiger partial charge in [-0.3, -0.25) is 9.69 Å². The largest absolute Gasteiger partial charge is 0.353 e. The number of hydrogen-bond acceptors (Lipinski definition) is 6. The fraction of sp³-hybridized carbons (Fsp3) is 0.588. The van der Waals surface area contributed by atoms with Gasteiger partial charge in [0.05, 0.1) is 11.9 Å². The monoisotopic (exact) mass is 345 g/mol. The van der Waals surface area contributed by atoms with Gasteiger partial charge in [0.2, 0.25) is 5.91 Å². The number of amides is 1. The van der Waals surface area contributed by atoms with E-state index in [0.717, 1.165) is 55.1 Å². The Kier molecular flexibility index (Phi) is 4.62. The van der Waals surface area contributed by atoms with E-state index in [0.29, 0.717) is 12.6 Å². The van der Waals surface area contributed by atoms with Crippen LogP contribution < -0.4 is 10.2 Å². The van der Waals surface area contributed by atoms with E-state index in [9.17, 15) is 4.79 Å². The zero-order chi connectivity index (χ0) is 16.4. The van der Waals surface area contributed by atoms with Gasteiger partial charge in [0, 0.05) is 32.2 Å². The summed E-state index contributed by atoms with van der Waals surface area (Å²) < 4.78 is 0. The van der Waals surface area contributed by atoms with E-state index in [1.165, 1.54) is 12.8 Å². The Balaban J connectivity index is 1.31. The Labute approximate surface area is 145 Å². The predicted octanol–water partition coefficient (Wildman–Crippen LogP) is 1.87. The fourth-order valence-corrected chi connectivity index (χ4v) is 4.42. The molecule has 2 aliphatic rings. The van der Waals surface area contributed by atoms with E-state index >= 15 is 0 Å². The van der Waals surface area contributed by atoms with Crippen LogP contribution in [0, 0.1) is 0 Å². The lowest BCUT2D eigenvalue weighted by molar-refractivity contribution is -0.123. The number of carbonyl (C=O) groups excluding carboxylic acids is 1. The van der Waals surface area contributed by atoms with Crippen molar-refractivity contribution in [1.29, 1.82) is 0 Å². The average Bonchev–Trinajstić information content (AvgIpc) is 3.26. The molecule has 0 atom stereocenters. The summed E-state index contributed by atoms with van der Waals surface area (Å²) in [6.07, 6.45) is 6.43. The number of carbonyl (C=O) groups is 1. The van der Waals surface area contributed by atoms with Crippen molar-refractivity contribution >= 4 is 33.3 Å². The second-order valence-electron chi connectivity index (χ2n) is 6.65. The SMILES string of the molecule is O=C(CN1CCN(c2ncnc3sccc23)CC1)NC1CCCC1. The van der Waals surface area contributed by atoms with Gasteiger partial charge < -0.3 is 10.2 Å². The predicted molar refractivity (Wildman–Crippen MR) is 96.5 cm³/mol. The molecule has 1 aliphatic carbocycles. The van der Waals surface area contributed by atoms with Gasteiger partial charge in [0.25, 0.3) is 0 Å². The van der Waals surface area contributed by atoms with Crippen LogP contribution in [0.25, 0.3) is 10.2 Å². The Morgan fingerprint density at radius 1 is 1.21 bits per heavy atom. The van der Waals surface area contributed by atoms with Crippen LogP contribution in [0.3, 0.4) is 0 Å². The highest BCUT2D eigenvalue weighted by molar-refractivity contribution is 7.16. The van der Waals surface area contributed by atoms with Crippen LogP contribution in [0.2, 0.25) is 0 Å². The van der Waals surface area contributed by atoms with Gasteiger partial charge >= 0.3 is 0 Å². The molecule has 2 aromatic rings. The highest BCUT2D eigenvalue weighted by Gasteiger charge is 2.23. The Morgan fingerprint density at radius 2 is 2.00 bits per heavy atom. The molecular weight excluding hydrogens is 322 g/mol. The maximum absolute atomic E-state index is 12.2. The normalized spacial score (nSPS) is 19.9. The molecule has 2 fully saturated rings. The molecule has 2 aromatic heterocycles. The van der Waals surface area contributed by atoms with Crippen molar-refractivity contribution in [3.63, 3.8) is 0 Å². The number of hydrogen-bond donors (Lipinski definition) is 1. The first-order valence-corrected chi connectivity index (χ1v) is 9.62. The van der Waals surface area contributed by atoms with Crippen molar-refractivity contribution in [2.45, 2.75) is 31.7 Å². The summed E-state index contributed by atoms with van der Waals surface area (Å²) in [5.74, 6) is 1.20. The molecule has 24 heavy (non-hydrogen) atoms. The molecule has 1 amide bonds. The molecule has 1 saturated heterocycles. The minimum absolute atomic E-state index is 0.178. The first kappa shape index (κ1) is 15.8. The van der Waals surface area contributed by atoms with Crippen LogP contribution in [0.5, 0.6) is 0 Å². The standard InChI is InChI=1S/C17H23N5OS/c23-15(20-13-3-1-2-4-13)11-21-6-8-22(9-7-21)16-14-5-10-24-17(14)19-12-18-16/h5,10,12-13H,1-4,6-9,11H2,(H,20,23). The third-order valence-corrected chi connectivity index (χ3v) is 5.82. The lowest BCUT2D eigenvalue weighted by Crippen LogP contribution is -2.50. The molecule has 0 bridgehead atoms. The molecule has 7 heteroatoms. The summed E-state index contributed by atoms with van der Waals surface area (Å²) in [5, 5.41) is 6.37. The summed E-state index contributed by atoms with van der Waals surface area (Å²) in [6.45, 7) is 4.11. The molecule has 1 aliphatic heterocycles. The minimum Gasteiger partial charge on any atom is -0.353 e. The quantitative estimate of drug-likeness (QED) is 0.917. The van der Waals surface area contributed by atoms with Crippen LogP contribution in [-0.4, -0.2) is 59.5 Å². The van der Waals surface area contributed by atoms with Crippen LogP contribution >= 0.6 is 11.3 Å². The second kappa shape index (κ2) is 7.03. The number of piperazine rings is 1. The zero-order valence-electron chi connectivity index (χ0n) is 13.8. The molecule has 6 nitrogen and oxygen atoms in total. The number of thiophene rings is 1. The van der Waals surface area contributed by atoms with Crippen molar-refractivity contribution in [3.05, 3.63) is 17.8 Å². The van der Waals surface area contributed by atoms with Crippen LogP contribution in [-0.2, 0) is 4.79 Å². The number of anilines is 1. The van der Waals surface area contributed by atoms with E-state index in [-0.39, 0.29) is 5.91 Å². The fourth-order valence-electron chi connectivity index (χ4n) is 3.69. The van der Waals surface area contributed by atoms with Crippen molar-refractivity contribution in [2.75, 3.05) is 37.6 Å². The zero-order valence-corrected chi connectivity index (χ0v) is 14.6. The maximum atomic E-state index is 12.2. The van der Waals surface area contributed by atoms with Crippen LogP contribution in [0.15, 0.2) is 17.8 Å². The van der Waals surface area contributed by atoms with E-state index in [4.69, 9.17) is 0 Å². The first-order valence-electron chi connectivity index (χ1n) is 8.74. The van der Waals surface area contributed by atoms with Gasteiger partial charge in [0.1, 0.15) is 17.0 Å². The summed E-state index contributed by atoms with van der Waals surface area (Å²) in [4.78, 5) is 26.6. The van der Waals surface area contributed by atoms with Gasteiger partial charge in [-0.15, -0.1) is 11.3 Å². The molecule has 4 rings (SSSR count). The maximum Gasteiger partial charge on any atom is 0.234 e. The van der Waals surface area contributed by atoms with E-state index in [1.54, 1.807) is 17.7 Å². The van der Waals surface area contributed by atoms with E-state index in [1.807, 2.05) is 0 Å². The lowest BCUT2D eigenvalue weighted by Gasteiger charge is -2.35. The molecule has 0 radical (unpaired) electrons. The Bertz CT molecular complexity index is 704. The summed E-state index contributed by atoms with van der Waals surface area (Å²) in [5.41, 5.74) is 0. The summed E-state index contributed by atoms with van der Waals surface area (Å²) in [6, 6.07) is 2.50. The molecule has 0 spiro atoms. The third-order valence-electron chi connectivity index (χ3n) is 5.00. The number of nitrogens with one attached hydrogen (secondary N) is 1. The highest BCUT2D eigenvalue weighted by atomic mass is 32.1. The van der Waals surface area contributed by atoms with Gasteiger partial charge in [0.15, 0.2) is 0 Å². The van der Waals surface area contributed by atoms with Crippen LogP contribution in [0.4, 0.5) is 5.82 Å². The smallest absolute Gasteiger partial charge is 0.234 e. The molecule has 3 heterocycles. The third kappa shape index (κ3) is 3.37. The van der Waals surface area contributed by atoms with Crippen molar-refractivity contribution < 1.29 is 4.79 Å². The van der Waals surface area contributed by atoms with Crippen molar-refractivity contribution in [2.24, 2.45) is 0 Å².